The highest BCUT2D eigenvalue weighted by Crippen LogP contribution is 2.28. The number of benzene rings is 2. The van der Waals surface area contributed by atoms with Gasteiger partial charge in [-0.1, -0.05) is 35.3 Å². The number of anilines is 2. The maximum absolute atomic E-state index is 13.9. The smallest absolute Gasteiger partial charge is 0.311 e. The minimum absolute atomic E-state index is 0.00693. The zero-order chi connectivity index (χ0) is 20.3. The van der Waals surface area contributed by atoms with Crippen molar-refractivity contribution in [3.8, 4) is 0 Å². The Balaban J connectivity index is 1.54. The van der Waals surface area contributed by atoms with Crippen molar-refractivity contribution < 1.29 is 23.5 Å². The molecule has 0 spiro atoms. The lowest BCUT2D eigenvalue weighted by Gasteiger charge is -2.17. The Hall–Kier alpha value is -2.64. The van der Waals surface area contributed by atoms with Crippen LogP contribution in [0.2, 0.25) is 10.0 Å². The topological polar surface area (TPSA) is 75.7 Å². The van der Waals surface area contributed by atoms with Crippen LogP contribution in [0.5, 0.6) is 0 Å². The number of esters is 1. The second-order valence-corrected chi connectivity index (χ2v) is 6.96. The first-order valence-electron chi connectivity index (χ1n) is 8.31. The molecule has 0 radical (unpaired) electrons. The summed E-state index contributed by atoms with van der Waals surface area (Å²) in [5.41, 5.74) is 0.511. The summed E-state index contributed by atoms with van der Waals surface area (Å²) in [4.78, 5) is 37.5. The number of amides is 2. The van der Waals surface area contributed by atoms with Crippen molar-refractivity contribution in [3.05, 3.63) is 58.3 Å². The third-order valence-corrected chi connectivity index (χ3v) is 4.89. The maximum atomic E-state index is 13.9. The first-order chi connectivity index (χ1) is 13.3. The standard InChI is InChI=1S/C19H15Cl2FN2O4/c20-13-6-5-12(8-14(13)21)23-17(25)10-28-19(27)11-7-18(26)24(9-11)16-4-2-1-3-15(16)22/h1-6,8,11H,7,9-10H2,(H,23,25)/t11-/m0/s1. The Morgan fingerprint density at radius 3 is 2.64 bits per heavy atom. The van der Waals surface area contributed by atoms with Gasteiger partial charge in [-0.2, -0.15) is 0 Å². The number of nitrogens with zero attached hydrogens (tertiary/aromatic N) is 1. The molecular formula is C19H15Cl2FN2O4. The van der Waals surface area contributed by atoms with Crippen LogP contribution in [0.15, 0.2) is 42.5 Å². The number of carbonyl (C=O) groups is 3. The molecule has 1 saturated heterocycles. The summed E-state index contributed by atoms with van der Waals surface area (Å²) < 4.78 is 18.9. The fraction of sp³-hybridized carbons (Fsp3) is 0.211. The van der Waals surface area contributed by atoms with Crippen LogP contribution in [0.25, 0.3) is 0 Å². The van der Waals surface area contributed by atoms with Gasteiger partial charge in [-0.15, -0.1) is 0 Å². The first kappa shape index (κ1) is 20.1. The number of carbonyl (C=O) groups excluding carboxylic acids is 3. The van der Waals surface area contributed by atoms with Gasteiger partial charge in [0.25, 0.3) is 5.91 Å². The van der Waals surface area contributed by atoms with E-state index in [0.717, 1.165) is 0 Å². The van der Waals surface area contributed by atoms with Gasteiger partial charge in [-0.3, -0.25) is 14.4 Å². The SMILES string of the molecule is O=C(COC(=O)[C@H]1CC(=O)N(c2ccccc2F)C1)Nc1ccc(Cl)c(Cl)c1. The molecule has 1 aliphatic heterocycles. The number of rotatable bonds is 5. The Labute approximate surface area is 170 Å². The van der Waals surface area contributed by atoms with Gasteiger partial charge in [-0.25, -0.2) is 4.39 Å². The molecule has 1 heterocycles. The van der Waals surface area contributed by atoms with Gasteiger partial charge in [0.05, 0.1) is 21.7 Å². The lowest BCUT2D eigenvalue weighted by molar-refractivity contribution is -0.151. The van der Waals surface area contributed by atoms with Crippen molar-refractivity contribution in [2.24, 2.45) is 5.92 Å². The van der Waals surface area contributed by atoms with Crippen molar-refractivity contribution in [1.29, 1.82) is 0 Å². The van der Waals surface area contributed by atoms with E-state index < -0.39 is 30.2 Å². The highest BCUT2D eigenvalue weighted by Gasteiger charge is 2.37. The van der Waals surface area contributed by atoms with Gasteiger partial charge >= 0.3 is 5.97 Å². The van der Waals surface area contributed by atoms with E-state index in [9.17, 15) is 18.8 Å². The monoisotopic (exact) mass is 424 g/mol. The maximum Gasteiger partial charge on any atom is 0.311 e. The van der Waals surface area contributed by atoms with Gasteiger partial charge in [0, 0.05) is 18.7 Å². The predicted molar refractivity (Wildman–Crippen MR) is 103 cm³/mol. The molecule has 9 heteroatoms. The van der Waals surface area contributed by atoms with E-state index >= 15 is 0 Å². The number of para-hydroxylation sites is 1. The zero-order valence-corrected chi connectivity index (χ0v) is 16.0. The van der Waals surface area contributed by atoms with Crippen molar-refractivity contribution in [2.75, 3.05) is 23.4 Å². The Morgan fingerprint density at radius 1 is 1.18 bits per heavy atom. The molecule has 0 unspecified atom stereocenters. The summed E-state index contributed by atoms with van der Waals surface area (Å²) in [7, 11) is 0. The third-order valence-electron chi connectivity index (χ3n) is 4.15. The summed E-state index contributed by atoms with van der Waals surface area (Å²) in [5, 5.41) is 3.14. The van der Waals surface area contributed by atoms with Gasteiger partial charge in [-0.05, 0) is 30.3 Å². The van der Waals surface area contributed by atoms with Crippen LogP contribution in [0.4, 0.5) is 15.8 Å². The van der Waals surface area contributed by atoms with E-state index in [1.807, 2.05) is 0 Å². The zero-order valence-electron chi connectivity index (χ0n) is 14.5. The summed E-state index contributed by atoms with van der Waals surface area (Å²) in [6.45, 7) is -0.531. The Morgan fingerprint density at radius 2 is 1.93 bits per heavy atom. The molecule has 2 aromatic carbocycles. The average Bonchev–Trinajstić information content (AvgIpc) is 3.05. The molecule has 1 aliphatic rings. The van der Waals surface area contributed by atoms with E-state index in [4.69, 9.17) is 27.9 Å². The van der Waals surface area contributed by atoms with E-state index in [1.165, 1.54) is 35.2 Å². The van der Waals surface area contributed by atoms with Crippen LogP contribution in [-0.2, 0) is 19.1 Å². The van der Waals surface area contributed by atoms with Crippen LogP contribution in [0, 0.1) is 11.7 Å². The molecule has 1 fully saturated rings. The molecule has 0 bridgehead atoms. The first-order valence-corrected chi connectivity index (χ1v) is 9.07. The molecule has 1 atom stereocenters. The molecule has 2 amide bonds. The number of ether oxygens (including phenoxy) is 1. The fourth-order valence-corrected chi connectivity index (χ4v) is 3.09. The third kappa shape index (κ3) is 4.61. The van der Waals surface area contributed by atoms with Crippen LogP contribution in [0.1, 0.15) is 6.42 Å². The molecular weight excluding hydrogens is 410 g/mol. The molecule has 6 nitrogen and oxygen atoms in total. The van der Waals surface area contributed by atoms with Gasteiger partial charge in [0.1, 0.15) is 5.82 Å². The summed E-state index contributed by atoms with van der Waals surface area (Å²) >= 11 is 11.7. The second kappa shape index (κ2) is 8.58. The van der Waals surface area contributed by atoms with Gasteiger partial charge < -0.3 is 15.0 Å². The highest BCUT2D eigenvalue weighted by atomic mass is 35.5. The van der Waals surface area contributed by atoms with Crippen LogP contribution < -0.4 is 10.2 Å². The number of hydrogen-bond donors (Lipinski definition) is 1. The van der Waals surface area contributed by atoms with Crippen LogP contribution in [0.3, 0.4) is 0 Å². The summed E-state index contributed by atoms with van der Waals surface area (Å²) in [6.07, 6.45) is -0.110. The second-order valence-electron chi connectivity index (χ2n) is 6.14. The van der Waals surface area contributed by atoms with Crippen molar-refractivity contribution >= 4 is 52.4 Å². The minimum Gasteiger partial charge on any atom is -0.455 e. The van der Waals surface area contributed by atoms with E-state index in [2.05, 4.69) is 5.32 Å². The molecule has 3 rings (SSSR count). The Kier molecular flexibility index (Phi) is 6.16. The molecule has 1 N–H and O–H groups in total. The summed E-state index contributed by atoms with van der Waals surface area (Å²) in [5.74, 6) is -2.97. The quantitative estimate of drug-likeness (QED) is 0.742. The number of hydrogen-bond acceptors (Lipinski definition) is 4. The molecule has 0 aliphatic carbocycles. The number of nitrogens with one attached hydrogen (secondary N) is 1. The largest absolute Gasteiger partial charge is 0.455 e. The number of halogens is 3. The van der Waals surface area contributed by atoms with E-state index in [-0.39, 0.29) is 29.6 Å². The van der Waals surface area contributed by atoms with E-state index in [1.54, 1.807) is 12.1 Å². The van der Waals surface area contributed by atoms with Gasteiger partial charge in [0.2, 0.25) is 5.91 Å². The fourth-order valence-electron chi connectivity index (χ4n) is 2.79. The molecule has 2 aromatic rings. The Bertz CT molecular complexity index is 938. The van der Waals surface area contributed by atoms with Crippen molar-refractivity contribution in [2.45, 2.75) is 6.42 Å². The lowest BCUT2D eigenvalue weighted by Crippen LogP contribution is -2.28. The predicted octanol–water partition coefficient (Wildman–Crippen LogP) is 3.67. The minimum atomic E-state index is -0.773. The molecule has 28 heavy (non-hydrogen) atoms. The van der Waals surface area contributed by atoms with Crippen LogP contribution >= 0.6 is 23.2 Å². The van der Waals surface area contributed by atoms with Crippen molar-refractivity contribution in [3.63, 3.8) is 0 Å². The lowest BCUT2D eigenvalue weighted by atomic mass is 10.1. The molecule has 146 valence electrons. The normalized spacial score (nSPS) is 16.2. The molecule has 0 saturated carbocycles. The summed E-state index contributed by atoms with van der Waals surface area (Å²) in [6, 6.07) is 10.4. The van der Waals surface area contributed by atoms with E-state index in [0.29, 0.717) is 10.7 Å². The molecule has 0 aromatic heterocycles. The van der Waals surface area contributed by atoms with Gasteiger partial charge in [0.15, 0.2) is 6.61 Å². The van der Waals surface area contributed by atoms with Crippen LogP contribution in [-0.4, -0.2) is 30.9 Å². The highest BCUT2D eigenvalue weighted by molar-refractivity contribution is 6.42. The van der Waals surface area contributed by atoms with Crippen molar-refractivity contribution in [1.82, 2.24) is 0 Å². The average molecular weight is 425 g/mol.